The van der Waals surface area contributed by atoms with Gasteiger partial charge in [0.2, 0.25) is 0 Å². The molecule has 5 heteroatoms. The summed E-state index contributed by atoms with van der Waals surface area (Å²) in [6, 6.07) is 0. The summed E-state index contributed by atoms with van der Waals surface area (Å²) in [6.07, 6.45) is 3.74. The minimum atomic E-state index is -1.38. The number of carbonyl (C=O) groups is 2. The van der Waals surface area contributed by atoms with Gasteiger partial charge in [-0.1, -0.05) is 37.6 Å². The number of Topliss-reactive ketones (excluding diaryl/α,β-unsaturated/α-hetero) is 2. The quantitative estimate of drug-likeness (QED) is 0.381. The van der Waals surface area contributed by atoms with Crippen molar-refractivity contribution in [3.05, 3.63) is 46.5 Å². The Morgan fingerprint density at radius 3 is 2.29 bits per heavy atom. The van der Waals surface area contributed by atoms with Gasteiger partial charge >= 0.3 is 0 Å². The first-order chi connectivity index (χ1) is 14.1. The van der Waals surface area contributed by atoms with E-state index in [9.17, 15) is 24.9 Å². The molecule has 4 atom stereocenters. The van der Waals surface area contributed by atoms with Crippen molar-refractivity contribution in [2.75, 3.05) is 0 Å². The van der Waals surface area contributed by atoms with E-state index in [-0.39, 0.29) is 29.2 Å². The number of aliphatic hydroxyl groups is 3. The van der Waals surface area contributed by atoms with Crippen LogP contribution >= 0.6 is 0 Å². The largest absolute Gasteiger partial charge is 0.511 e. The third-order valence-electron chi connectivity index (χ3n) is 7.00. The van der Waals surface area contributed by atoms with Gasteiger partial charge in [0, 0.05) is 17.4 Å². The van der Waals surface area contributed by atoms with E-state index < -0.39 is 40.2 Å². The Hall–Kier alpha value is -2.14. The smallest absolute Gasteiger partial charge is 0.183 e. The zero-order valence-electron chi connectivity index (χ0n) is 20.0. The van der Waals surface area contributed by atoms with Crippen molar-refractivity contribution in [3.63, 3.8) is 0 Å². The Bertz CT molecular complexity index is 879. The molecule has 0 amide bonds. The van der Waals surface area contributed by atoms with Gasteiger partial charge in [0.25, 0.3) is 0 Å². The maximum Gasteiger partial charge on any atom is 0.183 e. The van der Waals surface area contributed by atoms with E-state index in [1.807, 2.05) is 26.8 Å². The molecule has 1 fully saturated rings. The van der Waals surface area contributed by atoms with E-state index in [1.54, 1.807) is 27.7 Å². The van der Waals surface area contributed by atoms with Gasteiger partial charge in [0.1, 0.15) is 17.1 Å². The molecule has 0 spiro atoms. The molecular weight excluding hydrogens is 392 g/mol. The maximum atomic E-state index is 13.5. The van der Waals surface area contributed by atoms with Gasteiger partial charge in [-0.15, -0.1) is 0 Å². The fraction of sp³-hybridized carbons (Fsp3) is 0.615. The van der Waals surface area contributed by atoms with E-state index in [4.69, 9.17) is 0 Å². The molecule has 172 valence electrons. The Morgan fingerprint density at radius 1 is 1.23 bits per heavy atom. The molecule has 2 aliphatic carbocycles. The highest BCUT2D eigenvalue weighted by atomic mass is 16.3. The number of allylic oxidation sites excluding steroid dienone is 6. The van der Waals surface area contributed by atoms with Crippen LogP contribution in [-0.4, -0.2) is 32.5 Å². The summed E-state index contributed by atoms with van der Waals surface area (Å²) in [6.45, 7) is 16.4. The van der Waals surface area contributed by atoms with Crippen LogP contribution in [0.15, 0.2) is 46.5 Å². The lowest BCUT2D eigenvalue weighted by Crippen LogP contribution is -2.46. The maximum absolute atomic E-state index is 13.5. The number of rotatable bonds is 6. The zero-order valence-corrected chi connectivity index (χ0v) is 20.0. The Morgan fingerprint density at radius 2 is 1.81 bits per heavy atom. The van der Waals surface area contributed by atoms with Gasteiger partial charge in [-0.05, 0) is 66.2 Å². The summed E-state index contributed by atoms with van der Waals surface area (Å²) >= 11 is 0. The Kier molecular flexibility index (Phi) is 7.11. The van der Waals surface area contributed by atoms with Crippen molar-refractivity contribution in [3.8, 4) is 0 Å². The predicted octanol–water partition coefficient (Wildman–Crippen LogP) is 5.52. The highest BCUT2D eigenvalue weighted by Gasteiger charge is 2.52. The molecule has 0 unspecified atom stereocenters. The van der Waals surface area contributed by atoms with Crippen LogP contribution in [0.5, 0.6) is 0 Å². The molecule has 2 aliphatic rings. The number of ketones is 2. The fourth-order valence-electron chi connectivity index (χ4n) is 4.65. The summed E-state index contributed by atoms with van der Waals surface area (Å²) in [5.41, 5.74) is -0.768. The van der Waals surface area contributed by atoms with Gasteiger partial charge < -0.3 is 15.3 Å². The Labute approximate surface area is 186 Å². The topological polar surface area (TPSA) is 94.8 Å². The van der Waals surface area contributed by atoms with Crippen molar-refractivity contribution >= 4 is 11.6 Å². The van der Waals surface area contributed by atoms with Crippen LogP contribution in [0.1, 0.15) is 74.1 Å². The van der Waals surface area contributed by atoms with Crippen molar-refractivity contribution in [2.24, 2.45) is 23.2 Å². The highest BCUT2D eigenvalue weighted by molar-refractivity contribution is 6.24. The average molecular weight is 431 g/mol. The lowest BCUT2D eigenvalue weighted by Gasteiger charge is -2.45. The summed E-state index contributed by atoms with van der Waals surface area (Å²) in [5.74, 6) is -2.77. The lowest BCUT2D eigenvalue weighted by atomic mass is 9.62. The number of aliphatic hydroxyl groups excluding tert-OH is 2. The second-order valence-corrected chi connectivity index (χ2v) is 10.4. The number of hydrogen-bond donors (Lipinski definition) is 3. The molecule has 5 nitrogen and oxygen atoms in total. The third kappa shape index (κ3) is 4.57. The van der Waals surface area contributed by atoms with Gasteiger partial charge in [-0.2, -0.15) is 0 Å². The molecule has 0 aromatic carbocycles. The second kappa shape index (κ2) is 8.78. The second-order valence-electron chi connectivity index (χ2n) is 10.4. The van der Waals surface area contributed by atoms with Gasteiger partial charge in [0.15, 0.2) is 11.6 Å². The normalized spacial score (nSPS) is 31.8. The SMILES string of the molecule is C=C(C)[C@H]1CC[C@@](C)(O)[C@@H](C2=C(O)[C@@](C)(CC=C(C)C)C(=O)C(C(=O)C(C)C)=C2O)C1. The monoisotopic (exact) mass is 430 g/mol. The van der Waals surface area contributed by atoms with Gasteiger partial charge in [0.05, 0.1) is 11.0 Å². The first kappa shape index (κ1) is 25.1. The first-order valence-corrected chi connectivity index (χ1v) is 11.1. The van der Waals surface area contributed by atoms with Crippen LogP contribution in [0.4, 0.5) is 0 Å². The third-order valence-corrected chi connectivity index (χ3v) is 7.00. The molecule has 0 aromatic heterocycles. The van der Waals surface area contributed by atoms with Gasteiger partial charge in [-0.25, -0.2) is 0 Å². The van der Waals surface area contributed by atoms with E-state index >= 15 is 0 Å². The van der Waals surface area contributed by atoms with Gasteiger partial charge in [-0.3, -0.25) is 9.59 Å². The minimum absolute atomic E-state index is 0.115. The van der Waals surface area contributed by atoms with Crippen LogP contribution in [0.25, 0.3) is 0 Å². The lowest BCUT2D eigenvalue weighted by molar-refractivity contribution is -0.128. The molecule has 0 heterocycles. The van der Waals surface area contributed by atoms with E-state index in [0.29, 0.717) is 12.8 Å². The van der Waals surface area contributed by atoms with Crippen molar-refractivity contribution in [1.82, 2.24) is 0 Å². The predicted molar refractivity (Wildman–Crippen MR) is 123 cm³/mol. The molecule has 2 rings (SSSR count). The first-order valence-electron chi connectivity index (χ1n) is 11.1. The minimum Gasteiger partial charge on any atom is -0.511 e. The van der Waals surface area contributed by atoms with Crippen molar-refractivity contribution < 1.29 is 24.9 Å². The zero-order chi connectivity index (χ0) is 23.9. The highest BCUT2D eigenvalue weighted by Crippen LogP contribution is 2.51. The van der Waals surface area contributed by atoms with Crippen LogP contribution in [0.2, 0.25) is 0 Å². The fourth-order valence-corrected chi connectivity index (χ4v) is 4.65. The summed E-state index contributed by atoms with van der Waals surface area (Å²) in [7, 11) is 0. The molecule has 1 saturated carbocycles. The van der Waals surface area contributed by atoms with Crippen LogP contribution in [-0.2, 0) is 9.59 Å². The molecular formula is C26H38O5. The van der Waals surface area contributed by atoms with Crippen molar-refractivity contribution in [1.29, 1.82) is 0 Å². The summed E-state index contributed by atoms with van der Waals surface area (Å²) < 4.78 is 0. The standard InChI is InChI=1S/C26H38O5/c1-14(2)9-11-25(7)23(29)19(22(28)20(24(25)30)21(27)16(5)6)18-13-17(15(3)4)10-12-26(18,8)31/h9,16-18,28-29,31H,3,10-13H2,1-2,4-8H3/t17-,18+,25+,26+/m0/s1. The molecule has 0 bridgehead atoms. The summed E-state index contributed by atoms with van der Waals surface area (Å²) in [4.78, 5) is 26.4. The van der Waals surface area contributed by atoms with E-state index in [1.165, 1.54) is 0 Å². The van der Waals surface area contributed by atoms with Crippen LogP contribution < -0.4 is 0 Å². The van der Waals surface area contributed by atoms with E-state index in [0.717, 1.165) is 17.6 Å². The number of hydrogen-bond acceptors (Lipinski definition) is 5. The number of carbonyl (C=O) groups excluding carboxylic acids is 2. The molecule has 0 aliphatic heterocycles. The van der Waals surface area contributed by atoms with Crippen LogP contribution in [0, 0.1) is 23.2 Å². The van der Waals surface area contributed by atoms with Crippen LogP contribution in [0.3, 0.4) is 0 Å². The van der Waals surface area contributed by atoms with Crippen molar-refractivity contribution in [2.45, 2.75) is 79.8 Å². The summed E-state index contributed by atoms with van der Waals surface area (Å²) in [5, 5.41) is 33.8. The molecule has 31 heavy (non-hydrogen) atoms. The molecule has 0 saturated heterocycles. The molecule has 0 radical (unpaired) electrons. The average Bonchev–Trinajstić information content (AvgIpc) is 2.65. The Balaban J connectivity index is 2.79. The molecule has 3 N–H and O–H groups in total. The van der Waals surface area contributed by atoms with E-state index in [2.05, 4.69) is 6.58 Å². The molecule has 0 aromatic rings.